The molecule has 0 aliphatic heterocycles. The molecule has 1 aromatic carbocycles. The summed E-state index contributed by atoms with van der Waals surface area (Å²) in [5.74, 6) is 1.22. The number of nitrogens with one attached hydrogen (secondary N) is 1. The van der Waals surface area contributed by atoms with Crippen molar-refractivity contribution in [1.82, 2.24) is 0 Å². The number of hydrogen-bond donors (Lipinski definition) is 1. The largest absolute Gasteiger partial charge is 0.494 e. The molecule has 1 aromatic rings. The summed E-state index contributed by atoms with van der Waals surface area (Å²) >= 11 is 0. The molecule has 0 heterocycles. The Hall–Kier alpha value is -1.77. The number of amides is 1. The van der Waals surface area contributed by atoms with Crippen LogP contribution < -0.4 is 10.1 Å². The second kappa shape index (κ2) is 7.20. The second-order valence-electron chi connectivity index (χ2n) is 7.41. The Bertz CT molecular complexity index is 560. The van der Waals surface area contributed by atoms with E-state index in [1.54, 1.807) is 0 Å². The van der Waals surface area contributed by atoms with Gasteiger partial charge in [-0.15, -0.1) is 0 Å². The average Bonchev–Trinajstić information content (AvgIpc) is 2.48. The molecule has 3 heteroatoms. The van der Waals surface area contributed by atoms with Gasteiger partial charge in [-0.05, 0) is 68.7 Å². The number of allylic oxidation sites excluding steroid dienone is 1. The number of ether oxygens (including phenoxy) is 1. The normalized spacial score (nSPS) is 23.1. The Labute approximate surface area is 140 Å². The van der Waals surface area contributed by atoms with Gasteiger partial charge in [0.1, 0.15) is 5.75 Å². The van der Waals surface area contributed by atoms with E-state index >= 15 is 0 Å². The Balaban J connectivity index is 2.08. The van der Waals surface area contributed by atoms with Gasteiger partial charge in [-0.1, -0.05) is 26.0 Å². The van der Waals surface area contributed by atoms with E-state index in [9.17, 15) is 4.79 Å². The SMILES string of the molecule is C=C(C)C1CCC(C)(C)CC1C(=O)Nc1ccc(OCC)cc1. The molecule has 2 rings (SSSR count). The molecular weight excluding hydrogens is 286 g/mol. The highest BCUT2D eigenvalue weighted by atomic mass is 16.5. The number of anilines is 1. The van der Waals surface area contributed by atoms with Crippen LogP contribution >= 0.6 is 0 Å². The highest BCUT2D eigenvalue weighted by molar-refractivity contribution is 5.93. The van der Waals surface area contributed by atoms with Gasteiger partial charge < -0.3 is 10.1 Å². The van der Waals surface area contributed by atoms with Crippen LogP contribution in [0.2, 0.25) is 0 Å². The van der Waals surface area contributed by atoms with Crippen molar-refractivity contribution in [1.29, 1.82) is 0 Å². The quantitative estimate of drug-likeness (QED) is 0.773. The van der Waals surface area contributed by atoms with Gasteiger partial charge in [0.25, 0.3) is 0 Å². The molecule has 2 atom stereocenters. The van der Waals surface area contributed by atoms with Crippen molar-refractivity contribution in [2.24, 2.45) is 17.3 Å². The van der Waals surface area contributed by atoms with E-state index in [1.165, 1.54) is 0 Å². The molecule has 1 fully saturated rings. The first-order chi connectivity index (χ1) is 10.8. The van der Waals surface area contributed by atoms with Gasteiger partial charge in [0.2, 0.25) is 5.91 Å². The lowest BCUT2D eigenvalue weighted by atomic mass is 9.65. The van der Waals surface area contributed by atoms with Crippen LogP contribution in [0.25, 0.3) is 0 Å². The summed E-state index contributed by atoms with van der Waals surface area (Å²) in [6, 6.07) is 7.57. The van der Waals surface area contributed by atoms with Crippen molar-refractivity contribution < 1.29 is 9.53 Å². The van der Waals surface area contributed by atoms with E-state index in [4.69, 9.17) is 4.74 Å². The van der Waals surface area contributed by atoms with Crippen molar-refractivity contribution in [3.8, 4) is 5.75 Å². The Morgan fingerprint density at radius 3 is 2.52 bits per heavy atom. The molecule has 126 valence electrons. The van der Waals surface area contributed by atoms with Crippen molar-refractivity contribution in [3.63, 3.8) is 0 Å². The van der Waals surface area contributed by atoms with Crippen LogP contribution in [-0.2, 0) is 4.79 Å². The number of benzene rings is 1. The molecule has 1 aliphatic rings. The second-order valence-corrected chi connectivity index (χ2v) is 7.41. The minimum Gasteiger partial charge on any atom is -0.494 e. The molecule has 0 radical (unpaired) electrons. The van der Waals surface area contributed by atoms with Crippen LogP contribution in [0.15, 0.2) is 36.4 Å². The smallest absolute Gasteiger partial charge is 0.228 e. The molecule has 3 nitrogen and oxygen atoms in total. The topological polar surface area (TPSA) is 38.3 Å². The van der Waals surface area contributed by atoms with Crippen LogP contribution in [0.3, 0.4) is 0 Å². The lowest BCUT2D eigenvalue weighted by Gasteiger charge is -2.40. The maximum Gasteiger partial charge on any atom is 0.228 e. The van der Waals surface area contributed by atoms with Gasteiger partial charge in [0, 0.05) is 11.6 Å². The fourth-order valence-corrected chi connectivity index (χ4v) is 3.49. The van der Waals surface area contributed by atoms with Gasteiger partial charge >= 0.3 is 0 Å². The third-order valence-corrected chi connectivity index (χ3v) is 4.79. The van der Waals surface area contributed by atoms with Gasteiger partial charge in [0.15, 0.2) is 0 Å². The van der Waals surface area contributed by atoms with Crippen LogP contribution in [0, 0.1) is 17.3 Å². The molecule has 1 amide bonds. The fraction of sp³-hybridized carbons (Fsp3) is 0.550. The molecule has 23 heavy (non-hydrogen) atoms. The Morgan fingerprint density at radius 1 is 1.30 bits per heavy atom. The molecule has 0 saturated heterocycles. The summed E-state index contributed by atoms with van der Waals surface area (Å²) in [6.45, 7) is 13.2. The average molecular weight is 315 g/mol. The van der Waals surface area contributed by atoms with Crippen LogP contribution in [0.4, 0.5) is 5.69 Å². The lowest BCUT2D eigenvalue weighted by molar-refractivity contribution is -0.123. The fourth-order valence-electron chi connectivity index (χ4n) is 3.49. The number of rotatable bonds is 5. The van der Waals surface area contributed by atoms with E-state index in [0.29, 0.717) is 6.61 Å². The van der Waals surface area contributed by atoms with Gasteiger partial charge in [-0.25, -0.2) is 0 Å². The van der Waals surface area contributed by atoms with Crippen LogP contribution in [0.1, 0.15) is 47.0 Å². The monoisotopic (exact) mass is 315 g/mol. The van der Waals surface area contributed by atoms with E-state index in [0.717, 1.165) is 36.3 Å². The molecule has 0 bridgehead atoms. The van der Waals surface area contributed by atoms with Crippen molar-refractivity contribution in [3.05, 3.63) is 36.4 Å². The maximum absolute atomic E-state index is 12.8. The zero-order valence-corrected chi connectivity index (χ0v) is 14.8. The van der Waals surface area contributed by atoms with Gasteiger partial charge in [-0.3, -0.25) is 4.79 Å². The third kappa shape index (κ3) is 4.60. The molecule has 1 aliphatic carbocycles. The number of carbonyl (C=O) groups excluding carboxylic acids is 1. The van der Waals surface area contributed by atoms with Gasteiger partial charge in [-0.2, -0.15) is 0 Å². The Morgan fingerprint density at radius 2 is 1.96 bits per heavy atom. The van der Waals surface area contributed by atoms with Crippen molar-refractivity contribution >= 4 is 11.6 Å². The van der Waals surface area contributed by atoms with E-state index in [2.05, 4.69) is 25.7 Å². The summed E-state index contributed by atoms with van der Waals surface area (Å²) in [5.41, 5.74) is 2.15. The highest BCUT2D eigenvalue weighted by Gasteiger charge is 2.39. The molecule has 0 spiro atoms. The highest BCUT2D eigenvalue weighted by Crippen LogP contribution is 2.44. The minimum absolute atomic E-state index is 0.00261. The van der Waals surface area contributed by atoms with E-state index in [-0.39, 0.29) is 23.2 Å². The molecule has 1 saturated carbocycles. The first-order valence-corrected chi connectivity index (χ1v) is 8.51. The van der Waals surface area contributed by atoms with E-state index in [1.807, 2.05) is 38.1 Å². The first kappa shape index (κ1) is 17.6. The van der Waals surface area contributed by atoms with Crippen LogP contribution in [-0.4, -0.2) is 12.5 Å². The molecular formula is C20H29NO2. The summed E-state index contributed by atoms with van der Waals surface area (Å²) in [5, 5.41) is 3.07. The Kier molecular flexibility index (Phi) is 5.51. The minimum atomic E-state index is 0.00261. The molecule has 0 aromatic heterocycles. The molecule has 2 unspecified atom stereocenters. The third-order valence-electron chi connectivity index (χ3n) is 4.79. The summed E-state index contributed by atoms with van der Waals surface area (Å²) < 4.78 is 5.43. The van der Waals surface area contributed by atoms with Crippen molar-refractivity contribution in [2.75, 3.05) is 11.9 Å². The van der Waals surface area contributed by atoms with Crippen LogP contribution in [0.5, 0.6) is 5.75 Å². The number of hydrogen-bond acceptors (Lipinski definition) is 2. The summed E-state index contributed by atoms with van der Waals surface area (Å²) in [7, 11) is 0. The summed E-state index contributed by atoms with van der Waals surface area (Å²) in [6.07, 6.45) is 3.11. The predicted molar refractivity (Wildman–Crippen MR) is 95.7 cm³/mol. The number of carbonyl (C=O) groups is 1. The van der Waals surface area contributed by atoms with Gasteiger partial charge in [0.05, 0.1) is 6.61 Å². The summed E-state index contributed by atoms with van der Waals surface area (Å²) in [4.78, 5) is 12.8. The zero-order chi connectivity index (χ0) is 17.0. The predicted octanol–water partition coefficient (Wildman–Crippen LogP) is 5.04. The lowest BCUT2D eigenvalue weighted by Crippen LogP contribution is -2.38. The molecule has 1 N–H and O–H groups in total. The van der Waals surface area contributed by atoms with Crippen molar-refractivity contribution in [2.45, 2.75) is 47.0 Å². The van der Waals surface area contributed by atoms with E-state index < -0.39 is 0 Å². The first-order valence-electron chi connectivity index (χ1n) is 8.51. The standard InChI is InChI=1S/C20H29NO2/c1-6-23-16-9-7-15(8-10-16)21-19(22)18-13-20(4,5)12-11-17(18)14(2)3/h7-10,17-18H,2,6,11-13H2,1,3-5H3,(H,21,22). The maximum atomic E-state index is 12.8. The zero-order valence-electron chi connectivity index (χ0n) is 14.8.